The molecule has 0 aromatic heterocycles. The SMILES string of the molecule is O=C(COc1ccc(/C=N\NC(=O)C(=O)Nc2cccc(Br)c2)cc1)Nc1cccc(Cl)c1. The van der Waals surface area contributed by atoms with Crippen LogP contribution in [-0.4, -0.2) is 30.5 Å². The number of amides is 3. The zero-order valence-electron chi connectivity index (χ0n) is 17.0. The fourth-order valence-electron chi connectivity index (χ4n) is 2.53. The Labute approximate surface area is 203 Å². The monoisotopic (exact) mass is 528 g/mol. The highest BCUT2D eigenvalue weighted by molar-refractivity contribution is 9.10. The van der Waals surface area contributed by atoms with Crippen LogP contribution in [0.1, 0.15) is 5.56 Å². The molecule has 0 heterocycles. The number of hydrogen-bond acceptors (Lipinski definition) is 5. The fourth-order valence-corrected chi connectivity index (χ4v) is 3.12. The van der Waals surface area contributed by atoms with Crippen LogP contribution >= 0.6 is 27.5 Å². The van der Waals surface area contributed by atoms with Crippen LogP contribution in [0.15, 0.2) is 82.4 Å². The minimum Gasteiger partial charge on any atom is -0.484 e. The molecule has 8 nitrogen and oxygen atoms in total. The van der Waals surface area contributed by atoms with E-state index in [1.807, 2.05) is 0 Å². The van der Waals surface area contributed by atoms with Gasteiger partial charge in [-0.1, -0.05) is 39.7 Å². The number of hydrazone groups is 1. The van der Waals surface area contributed by atoms with Gasteiger partial charge in [0.2, 0.25) is 0 Å². The van der Waals surface area contributed by atoms with E-state index in [-0.39, 0.29) is 12.5 Å². The second-order valence-corrected chi connectivity index (χ2v) is 7.93. The molecule has 168 valence electrons. The number of benzene rings is 3. The van der Waals surface area contributed by atoms with Gasteiger partial charge in [-0.2, -0.15) is 5.10 Å². The van der Waals surface area contributed by atoms with E-state index in [1.165, 1.54) is 6.21 Å². The third-order valence-corrected chi connectivity index (χ3v) is 4.76. The lowest BCUT2D eigenvalue weighted by atomic mass is 10.2. The van der Waals surface area contributed by atoms with E-state index in [4.69, 9.17) is 16.3 Å². The lowest BCUT2D eigenvalue weighted by Crippen LogP contribution is -2.32. The summed E-state index contributed by atoms with van der Waals surface area (Å²) in [5.41, 5.74) is 3.87. The Morgan fingerprint density at radius 3 is 2.30 bits per heavy atom. The molecule has 0 unspecified atom stereocenters. The molecule has 0 spiro atoms. The largest absolute Gasteiger partial charge is 0.484 e. The predicted octanol–water partition coefficient (Wildman–Crippen LogP) is 4.21. The first kappa shape index (κ1) is 24.0. The molecular weight excluding hydrogens is 512 g/mol. The molecule has 10 heteroatoms. The minimum atomic E-state index is -0.906. The Morgan fingerprint density at radius 1 is 0.909 bits per heavy atom. The standard InChI is InChI=1S/C23H18BrClN4O4/c24-16-3-1-5-18(11-16)28-22(31)23(32)29-26-13-15-7-9-20(10-8-15)33-14-21(30)27-19-6-2-4-17(25)12-19/h1-13H,14H2,(H,27,30)(H,28,31)(H,29,32)/b26-13-. The summed E-state index contributed by atoms with van der Waals surface area (Å²) in [6.07, 6.45) is 1.37. The molecule has 0 saturated heterocycles. The van der Waals surface area contributed by atoms with Crippen LogP contribution in [0, 0.1) is 0 Å². The number of ether oxygens (including phenoxy) is 1. The number of halogens is 2. The second-order valence-electron chi connectivity index (χ2n) is 6.58. The van der Waals surface area contributed by atoms with Gasteiger partial charge < -0.3 is 15.4 Å². The lowest BCUT2D eigenvalue weighted by Gasteiger charge is -2.08. The van der Waals surface area contributed by atoms with Crippen LogP contribution in [0.3, 0.4) is 0 Å². The zero-order chi connectivity index (χ0) is 23.6. The zero-order valence-corrected chi connectivity index (χ0v) is 19.4. The molecule has 0 bridgehead atoms. The molecule has 0 atom stereocenters. The van der Waals surface area contributed by atoms with Crippen molar-refractivity contribution >= 4 is 62.8 Å². The summed E-state index contributed by atoms with van der Waals surface area (Å²) >= 11 is 9.17. The normalized spacial score (nSPS) is 10.5. The topological polar surface area (TPSA) is 109 Å². The lowest BCUT2D eigenvalue weighted by molar-refractivity contribution is -0.136. The molecule has 3 rings (SSSR count). The highest BCUT2D eigenvalue weighted by Crippen LogP contribution is 2.16. The summed E-state index contributed by atoms with van der Waals surface area (Å²) in [7, 11) is 0. The molecule has 33 heavy (non-hydrogen) atoms. The number of nitrogens with zero attached hydrogens (tertiary/aromatic N) is 1. The molecule has 0 aliphatic carbocycles. The quantitative estimate of drug-likeness (QED) is 0.242. The summed E-state index contributed by atoms with van der Waals surface area (Å²) < 4.78 is 6.22. The smallest absolute Gasteiger partial charge is 0.329 e. The van der Waals surface area contributed by atoms with Crippen LogP contribution in [0.25, 0.3) is 0 Å². The van der Waals surface area contributed by atoms with Gasteiger partial charge >= 0.3 is 11.8 Å². The number of hydrogen-bond donors (Lipinski definition) is 3. The van der Waals surface area contributed by atoms with Gasteiger partial charge in [0, 0.05) is 20.9 Å². The summed E-state index contributed by atoms with van der Waals surface area (Å²) in [6, 6.07) is 20.3. The Hall–Kier alpha value is -3.69. The summed E-state index contributed by atoms with van der Waals surface area (Å²) in [5, 5.41) is 9.44. The third kappa shape index (κ3) is 8.06. The van der Waals surface area contributed by atoms with E-state index < -0.39 is 11.8 Å². The van der Waals surface area contributed by atoms with E-state index >= 15 is 0 Å². The van der Waals surface area contributed by atoms with Crippen molar-refractivity contribution in [3.8, 4) is 5.75 Å². The van der Waals surface area contributed by atoms with E-state index in [0.717, 1.165) is 4.47 Å². The van der Waals surface area contributed by atoms with Gasteiger partial charge in [-0.25, -0.2) is 5.43 Å². The van der Waals surface area contributed by atoms with Crippen molar-refractivity contribution in [2.45, 2.75) is 0 Å². The number of anilines is 2. The Balaban J connectivity index is 1.43. The maximum Gasteiger partial charge on any atom is 0.329 e. The van der Waals surface area contributed by atoms with Crippen molar-refractivity contribution in [2.24, 2.45) is 5.10 Å². The Kier molecular flexibility index (Phi) is 8.56. The summed E-state index contributed by atoms with van der Waals surface area (Å²) in [6.45, 7) is -0.177. The highest BCUT2D eigenvalue weighted by atomic mass is 79.9. The highest BCUT2D eigenvalue weighted by Gasteiger charge is 2.12. The summed E-state index contributed by atoms with van der Waals surface area (Å²) in [5.74, 6) is -1.60. The van der Waals surface area contributed by atoms with Crippen molar-refractivity contribution in [1.29, 1.82) is 0 Å². The Morgan fingerprint density at radius 2 is 1.61 bits per heavy atom. The van der Waals surface area contributed by atoms with Crippen LogP contribution in [0.5, 0.6) is 5.75 Å². The molecule has 3 amide bonds. The maximum absolute atomic E-state index is 12.0. The first-order valence-corrected chi connectivity index (χ1v) is 10.7. The van der Waals surface area contributed by atoms with E-state index in [0.29, 0.717) is 27.7 Å². The second kappa shape index (κ2) is 11.8. The molecule has 3 aromatic carbocycles. The van der Waals surface area contributed by atoms with Gasteiger partial charge in [0.15, 0.2) is 6.61 Å². The van der Waals surface area contributed by atoms with E-state index in [1.54, 1.807) is 72.8 Å². The van der Waals surface area contributed by atoms with Crippen LogP contribution in [0.2, 0.25) is 5.02 Å². The van der Waals surface area contributed by atoms with Gasteiger partial charge in [0.25, 0.3) is 5.91 Å². The van der Waals surface area contributed by atoms with E-state index in [2.05, 4.69) is 37.1 Å². The first-order valence-electron chi connectivity index (χ1n) is 9.57. The average molecular weight is 530 g/mol. The first-order chi connectivity index (χ1) is 15.9. The Bertz CT molecular complexity index is 1190. The van der Waals surface area contributed by atoms with Crippen molar-refractivity contribution in [3.05, 3.63) is 87.9 Å². The van der Waals surface area contributed by atoms with Gasteiger partial charge in [-0.05, 0) is 66.2 Å². The van der Waals surface area contributed by atoms with Crippen LogP contribution in [0.4, 0.5) is 11.4 Å². The van der Waals surface area contributed by atoms with Gasteiger partial charge in [-0.3, -0.25) is 14.4 Å². The van der Waals surface area contributed by atoms with Crippen molar-refractivity contribution in [2.75, 3.05) is 17.2 Å². The molecule has 3 aromatic rings. The number of carbonyl (C=O) groups excluding carboxylic acids is 3. The van der Waals surface area contributed by atoms with Gasteiger partial charge in [0.05, 0.1) is 6.21 Å². The van der Waals surface area contributed by atoms with Crippen LogP contribution in [-0.2, 0) is 14.4 Å². The number of rotatable bonds is 7. The number of carbonyl (C=O) groups is 3. The molecule has 0 radical (unpaired) electrons. The molecule has 0 aliphatic heterocycles. The molecule has 0 aliphatic rings. The molecular formula is C23H18BrClN4O4. The summed E-state index contributed by atoms with van der Waals surface area (Å²) in [4.78, 5) is 35.7. The van der Waals surface area contributed by atoms with Crippen molar-refractivity contribution in [3.63, 3.8) is 0 Å². The molecule has 3 N–H and O–H groups in total. The predicted molar refractivity (Wildman–Crippen MR) is 131 cm³/mol. The maximum atomic E-state index is 12.0. The molecule has 0 fully saturated rings. The number of nitrogens with one attached hydrogen (secondary N) is 3. The third-order valence-electron chi connectivity index (χ3n) is 4.03. The van der Waals surface area contributed by atoms with Crippen molar-refractivity contribution < 1.29 is 19.1 Å². The molecule has 0 saturated carbocycles. The fraction of sp³-hybridized carbons (Fsp3) is 0.0435. The van der Waals surface area contributed by atoms with Gasteiger partial charge in [-0.15, -0.1) is 0 Å². The minimum absolute atomic E-state index is 0.177. The average Bonchev–Trinajstić information content (AvgIpc) is 2.78. The van der Waals surface area contributed by atoms with Crippen LogP contribution < -0.4 is 20.8 Å². The van der Waals surface area contributed by atoms with Crippen molar-refractivity contribution in [1.82, 2.24) is 5.43 Å². The van der Waals surface area contributed by atoms with Gasteiger partial charge in [0.1, 0.15) is 5.75 Å². The van der Waals surface area contributed by atoms with E-state index in [9.17, 15) is 14.4 Å².